The van der Waals surface area contributed by atoms with Gasteiger partial charge in [0.1, 0.15) is 5.75 Å². The number of rotatable bonds is 7. The summed E-state index contributed by atoms with van der Waals surface area (Å²) in [5.41, 5.74) is 3.10. The van der Waals surface area contributed by atoms with E-state index in [0.717, 1.165) is 5.56 Å². The van der Waals surface area contributed by atoms with Gasteiger partial charge in [-0.3, -0.25) is 9.59 Å². The summed E-state index contributed by atoms with van der Waals surface area (Å²) in [5, 5.41) is 5.77. The molecule has 32 heavy (non-hydrogen) atoms. The van der Waals surface area contributed by atoms with Crippen LogP contribution in [0.15, 0.2) is 78.9 Å². The molecule has 0 heterocycles. The molecule has 5 nitrogen and oxygen atoms in total. The summed E-state index contributed by atoms with van der Waals surface area (Å²) in [6.45, 7) is 8.21. The molecule has 0 unspecified atom stereocenters. The summed E-state index contributed by atoms with van der Waals surface area (Å²) < 4.78 is 5.62. The maximum Gasteiger partial charge on any atom is 0.262 e. The molecule has 0 aliphatic rings. The van der Waals surface area contributed by atoms with Crippen molar-refractivity contribution in [2.24, 2.45) is 0 Å². The van der Waals surface area contributed by atoms with E-state index in [1.165, 1.54) is 5.56 Å². The van der Waals surface area contributed by atoms with Gasteiger partial charge >= 0.3 is 0 Å². The third-order valence-electron chi connectivity index (χ3n) is 5.18. The fraction of sp³-hybridized carbons (Fsp3) is 0.259. The zero-order chi connectivity index (χ0) is 23.1. The van der Waals surface area contributed by atoms with Crippen LogP contribution < -0.4 is 15.4 Å². The molecule has 5 heteroatoms. The minimum atomic E-state index is -0.332. The van der Waals surface area contributed by atoms with E-state index < -0.39 is 0 Å². The Morgan fingerprint density at radius 3 is 2.16 bits per heavy atom. The van der Waals surface area contributed by atoms with E-state index in [2.05, 4.69) is 31.4 Å². The van der Waals surface area contributed by atoms with Crippen LogP contribution >= 0.6 is 0 Å². The van der Waals surface area contributed by atoms with Crippen molar-refractivity contribution in [2.75, 3.05) is 11.9 Å². The van der Waals surface area contributed by atoms with Crippen molar-refractivity contribution in [3.8, 4) is 5.75 Å². The molecule has 3 aromatic carbocycles. The summed E-state index contributed by atoms with van der Waals surface area (Å²) in [5.74, 6) is 0.0352. The highest BCUT2D eigenvalue weighted by molar-refractivity contribution is 6.04. The van der Waals surface area contributed by atoms with Crippen molar-refractivity contribution in [1.29, 1.82) is 0 Å². The average Bonchev–Trinajstić information content (AvgIpc) is 2.78. The fourth-order valence-corrected chi connectivity index (χ4v) is 3.28. The molecule has 0 fully saturated rings. The summed E-state index contributed by atoms with van der Waals surface area (Å²) in [6.07, 6.45) is 0. The first-order valence-corrected chi connectivity index (χ1v) is 10.7. The molecular formula is C27H30N2O3. The standard InChI is InChI=1S/C27H30N2O3/c1-19(20-10-6-5-7-11-20)28-26(31)23-12-8-9-13-24(23)29-25(30)18-32-22-16-14-21(15-17-22)27(2,3)4/h5-17,19H,18H2,1-4H3,(H,28,31)(H,29,30)/t19-/m1/s1. The SMILES string of the molecule is C[C@@H](NC(=O)c1ccccc1NC(=O)COc1ccc(C(C)(C)C)cc1)c1ccccc1. The molecule has 2 N–H and O–H groups in total. The minimum absolute atomic E-state index is 0.0538. The molecule has 166 valence electrons. The molecule has 0 aliphatic heterocycles. The molecule has 3 rings (SSSR count). The van der Waals surface area contributed by atoms with Gasteiger partial charge in [-0.2, -0.15) is 0 Å². The molecule has 2 amide bonds. The largest absolute Gasteiger partial charge is 0.484 e. The van der Waals surface area contributed by atoms with Crippen LogP contribution in [0.1, 0.15) is 55.2 Å². The van der Waals surface area contributed by atoms with Gasteiger partial charge in [0.25, 0.3) is 11.8 Å². The van der Waals surface area contributed by atoms with Crippen LogP contribution in [0.3, 0.4) is 0 Å². The lowest BCUT2D eigenvalue weighted by molar-refractivity contribution is -0.118. The zero-order valence-electron chi connectivity index (χ0n) is 19.0. The van der Waals surface area contributed by atoms with Gasteiger partial charge in [0.2, 0.25) is 0 Å². The van der Waals surface area contributed by atoms with E-state index in [1.807, 2.05) is 61.5 Å². The van der Waals surface area contributed by atoms with Gasteiger partial charge in [-0.1, -0.05) is 75.4 Å². The third kappa shape index (κ3) is 6.20. The average molecular weight is 431 g/mol. The normalized spacial score (nSPS) is 12.0. The number of hydrogen-bond acceptors (Lipinski definition) is 3. The van der Waals surface area contributed by atoms with Gasteiger partial charge in [0.15, 0.2) is 6.61 Å². The van der Waals surface area contributed by atoms with Crippen LogP contribution in [-0.2, 0) is 10.2 Å². The number of nitrogens with one attached hydrogen (secondary N) is 2. The Balaban J connectivity index is 1.60. The lowest BCUT2D eigenvalue weighted by Gasteiger charge is -2.19. The van der Waals surface area contributed by atoms with E-state index in [4.69, 9.17) is 4.74 Å². The first-order chi connectivity index (χ1) is 15.2. The van der Waals surface area contributed by atoms with Crippen molar-refractivity contribution in [1.82, 2.24) is 5.32 Å². The molecule has 3 aromatic rings. The number of ether oxygens (including phenoxy) is 1. The van der Waals surface area contributed by atoms with E-state index >= 15 is 0 Å². The van der Waals surface area contributed by atoms with Gasteiger partial charge < -0.3 is 15.4 Å². The second kappa shape index (κ2) is 10.1. The third-order valence-corrected chi connectivity index (χ3v) is 5.18. The van der Waals surface area contributed by atoms with E-state index in [0.29, 0.717) is 17.0 Å². The number of anilines is 1. The fourth-order valence-electron chi connectivity index (χ4n) is 3.28. The number of carbonyl (C=O) groups is 2. The van der Waals surface area contributed by atoms with Crippen molar-refractivity contribution in [3.63, 3.8) is 0 Å². The van der Waals surface area contributed by atoms with Crippen LogP contribution in [0.25, 0.3) is 0 Å². The van der Waals surface area contributed by atoms with Crippen LogP contribution in [0, 0.1) is 0 Å². The second-order valence-electron chi connectivity index (χ2n) is 8.76. The highest BCUT2D eigenvalue weighted by atomic mass is 16.5. The predicted octanol–water partition coefficient (Wildman–Crippen LogP) is 5.49. The monoisotopic (exact) mass is 430 g/mol. The number of amides is 2. The Hall–Kier alpha value is -3.60. The minimum Gasteiger partial charge on any atom is -0.484 e. The van der Waals surface area contributed by atoms with Crippen molar-refractivity contribution < 1.29 is 14.3 Å². The molecule has 0 saturated carbocycles. The molecule has 0 aromatic heterocycles. The Labute approximate surface area is 189 Å². The Bertz CT molecular complexity index is 1050. The van der Waals surface area contributed by atoms with Crippen LogP contribution in [0.2, 0.25) is 0 Å². The first kappa shape index (κ1) is 23.1. The van der Waals surface area contributed by atoms with E-state index in [1.54, 1.807) is 24.3 Å². The molecular weight excluding hydrogens is 400 g/mol. The van der Waals surface area contributed by atoms with Crippen LogP contribution in [0.4, 0.5) is 5.69 Å². The Morgan fingerprint density at radius 1 is 0.875 bits per heavy atom. The summed E-state index contributed by atoms with van der Waals surface area (Å²) in [7, 11) is 0. The van der Waals surface area contributed by atoms with Crippen LogP contribution in [0.5, 0.6) is 5.75 Å². The summed E-state index contributed by atoms with van der Waals surface area (Å²) >= 11 is 0. The van der Waals surface area contributed by atoms with Gasteiger partial charge in [0.05, 0.1) is 17.3 Å². The maximum atomic E-state index is 12.8. The molecule has 0 radical (unpaired) electrons. The maximum absolute atomic E-state index is 12.8. The molecule has 1 atom stereocenters. The van der Waals surface area contributed by atoms with Gasteiger partial charge in [-0.15, -0.1) is 0 Å². The summed E-state index contributed by atoms with van der Waals surface area (Å²) in [6, 6.07) is 24.2. The highest BCUT2D eigenvalue weighted by Crippen LogP contribution is 2.24. The first-order valence-electron chi connectivity index (χ1n) is 10.7. The molecule has 0 bridgehead atoms. The Morgan fingerprint density at radius 2 is 1.50 bits per heavy atom. The van der Waals surface area contributed by atoms with E-state index in [9.17, 15) is 9.59 Å². The molecule has 0 aliphatic carbocycles. The van der Waals surface area contributed by atoms with Crippen molar-refractivity contribution >= 4 is 17.5 Å². The smallest absolute Gasteiger partial charge is 0.262 e. The number of carbonyl (C=O) groups excluding carboxylic acids is 2. The Kier molecular flexibility index (Phi) is 7.31. The summed E-state index contributed by atoms with van der Waals surface area (Å²) in [4.78, 5) is 25.3. The zero-order valence-corrected chi connectivity index (χ0v) is 19.0. The van der Waals surface area contributed by atoms with E-state index in [-0.39, 0.29) is 29.9 Å². The number of para-hydroxylation sites is 1. The lowest BCUT2D eigenvalue weighted by atomic mass is 9.87. The lowest BCUT2D eigenvalue weighted by Crippen LogP contribution is -2.28. The van der Waals surface area contributed by atoms with Crippen molar-refractivity contribution in [3.05, 3.63) is 95.6 Å². The van der Waals surface area contributed by atoms with Crippen molar-refractivity contribution in [2.45, 2.75) is 39.2 Å². The number of benzene rings is 3. The highest BCUT2D eigenvalue weighted by Gasteiger charge is 2.17. The molecule has 0 saturated heterocycles. The number of hydrogen-bond donors (Lipinski definition) is 2. The van der Waals surface area contributed by atoms with Gasteiger partial charge in [-0.25, -0.2) is 0 Å². The van der Waals surface area contributed by atoms with Crippen LogP contribution in [-0.4, -0.2) is 18.4 Å². The predicted molar refractivity (Wildman–Crippen MR) is 128 cm³/mol. The molecule has 0 spiro atoms. The van der Waals surface area contributed by atoms with Gasteiger partial charge in [0, 0.05) is 0 Å². The van der Waals surface area contributed by atoms with Gasteiger partial charge in [-0.05, 0) is 47.7 Å². The topological polar surface area (TPSA) is 67.4 Å². The quantitative estimate of drug-likeness (QED) is 0.521. The second-order valence-corrected chi connectivity index (χ2v) is 8.76.